The summed E-state index contributed by atoms with van der Waals surface area (Å²) in [4.78, 5) is 16.9. The normalized spacial score (nSPS) is 26.9. The SMILES string of the molecule is O=C1CC(=NC2CCCCC2)C[C@H](c2ccccc2)C1. The van der Waals surface area contributed by atoms with Gasteiger partial charge in [-0.3, -0.25) is 9.79 Å². The maximum Gasteiger partial charge on any atom is 0.139 e. The number of rotatable bonds is 2. The van der Waals surface area contributed by atoms with Crippen LogP contribution in [0.15, 0.2) is 35.3 Å². The second kappa shape index (κ2) is 6.34. The number of carbonyl (C=O) groups is 1. The molecule has 0 N–H and O–H groups in total. The molecule has 0 amide bonds. The minimum Gasteiger partial charge on any atom is -0.299 e. The highest BCUT2D eigenvalue weighted by molar-refractivity contribution is 6.05. The number of carbonyl (C=O) groups excluding carboxylic acids is 1. The summed E-state index contributed by atoms with van der Waals surface area (Å²) in [6.45, 7) is 0. The first-order chi connectivity index (χ1) is 9.81. The maximum atomic E-state index is 12.0. The van der Waals surface area contributed by atoms with Crippen LogP contribution in [0.1, 0.15) is 62.8 Å². The van der Waals surface area contributed by atoms with Crippen LogP contribution in [0.5, 0.6) is 0 Å². The molecule has 0 radical (unpaired) electrons. The Morgan fingerprint density at radius 1 is 0.950 bits per heavy atom. The lowest BCUT2D eigenvalue weighted by molar-refractivity contribution is -0.118. The molecule has 1 aromatic rings. The largest absolute Gasteiger partial charge is 0.299 e. The Labute approximate surface area is 121 Å². The van der Waals surface area contributed by atoms with Crippen LogP contribution in [-0.2, 0) is 4.79 Å². The average Bonchev–Trinajstić information content (AvgIpc) is 2.49. The number of hydrogen-bond acceptors (Lipinski definition) is 2. The molecule has 0 bridgehead atoms. The molecule has 2 heteroatoms. The van der Waals surface area contributed by atoms with E-state index in [0.29, 0.717) is 30.6 Å². The molecule has 0 unspecified atom stereocenters. The Morgan fingerprint density at radius 3 is 2.45 bits per heavy atom. The first-order valence-electron chi connectivity index (χ1n) is 7.93. The van der Waals surface area contributed by atoms with Crippen molar-refractivity contribution in [2.45, 2.75) is 63.3 Å². The lowest BCUT2D eigenvalue weighted by atomic mass is 9.82. The molecule has 0 spiro atoms. The van der Waals surface area contributed by atoms with Crippen molar-refractivity contribution >= 4 is 11.5 Å². The van der Waals surface area contributed by atoms with Crippen LogP contribution in [-0.4, -0.2) is 17.5 Å². The van der Waals surface area contributed by atoms with Crippen molar-refractivity contribution in [1.29, 1.82) is 0 Å². The van der Waals surface area contributed by atoms with Gasteiger partial charge in [-0.2, -0.15) is 0 Å². The van der Waals surface area contributed by atoms with Gasteiger partial charge in [0.1, 0.15) is 5.78 Å². The molecule has 0 aliphatic heterocycles. The maximum absolute atomic E-state index is 12.0. The van der Waals surface area contributed by atoms with Crippen molar-refractivity contribution in [1.82, 2.24) is 0 Å². The Balaban J connectivity index is 1.72. The molecule has 1 aromatic carbocycles. The van der Waals surface area contributed by atoms with Crippen molar-refractivity contribution < 1.29 is 4.79 Å². The minimum absolute atomic E-state index is 0.347. The van der Waals surface area contributed by atoms with E-state index in [9.17, 15) is 4.79 Å². The van der Waals surface area contributed by atoms with E-state index >= 15 is 0 Å². The first-order valence-corrected chi connectivity index (χ1v) is 7.93. The third-order valence-electron chi connectivity index (χ3n) is 4.57. The number of benzene rings is 1. The van der Waals surface area contributed by atoms with Gasteiger partial charge >= 0.3 is 0 Å². The summed E-state index contributed by atoms with van der Waals surface area (Å²) in [7, 11) is 0. The van der Waals surface area contributed by atoms with Crippen molar-refractivity contribution in [3.05, 3.63) is 35.9 Å². The molecule has 3 rings (SSSR count). The second-order valence-electron chi connectivity index (χ2n) is 6.22. The van der Waals surface area contributed by atoms with Gasteiger partial charge in [-0.05, 0) is 30.7 Å². The van der Waals surface area contributed by atoms with Crippen molar-refractivity contribution in [2.75, 3.05) is 0 Å². The highest BCUT2D eigenvalue weighted by Gasteiger charge is 2.26. The van der Waals surface area contributed by atoms with Crippen molar-refractivity contribution in [3.8, 4) is 0 Å². The molecule has 0 heterocycles. The fraction of sp³-hybridized carbons (Fsp3) is 0.556. The summed E-state index contributed by atoms with van der Waals surface area (Å²) < 4.78 is 0. The summed E-state index contributed by atoms with van der Waals surface area (Å²) >= 11 is 0. The van der Waals surface area contributed by atoms with Gasteiger partial charge in [0, 0.05) is 24.6 Å². The molecule has 0 saturated heterocycles. The Bertz CT molecular complexity index is 485. The molecule has 2 nitrogen and oxygen atoms in total. The number of Topliss-reactive ketones (excluding diaryl/α,β-unsaturated/α-hetero) is 1. The van der Waals surface area contributed by atoms with Crippen LogP contribution in [0, 0.1) is 0 Å². The fourth-order valence-corrected chi connectivity index (χ4v) is 3.53. The third-order valence-corrected chi connectivity index (χ3v) is 4.57. The predicted octanol–water partition coefficient (Wildman–Crippen LogP) is 4.30. The van der Waals surface area contributed by atoms with Gasteiger partial charge in [0.2, 0.25) is 0 Å². The van der Waals surface area contributed by atoms with E-state index < -0.39 is 0 Å². The van der Waals surface area contributed by atoms with Gasteiger partial charge in [-0.1, -0.05) is 49.6 Å². The van der Waals surface area contributed by atoms with Gasteiger partial charge in [-0.15, -0.1) is 0 Å². The smallest absolute Gasteiger partial charge is 0.139 e. The summed E-state index contributed by atoms with van der Waals surface area (Å²) in [6, 6.07) is 10.9. The molecule has 2 aliphatic rings. The molecule has 2 aliphatic carbocycles. The van der Waals surface area contributed by atoms with Crippen LogP contribution in [0.3, 0.4) is 0 Å². The fourth-order valence-electron chi connectivity index (χ4n) is 3.53. The Kier molecular flexibility index (Phi) is 4.29. The Hall–Kier alpha value is -1.44. The monoisotopic (exact) mass is 269 g/mol. The van der Waals surface area contributed by atoms with E-state index in [1.165, 1.54) is 37.7 Å². The van der Waals surface area contributed by atoms with Crippen LogP contribution < -0.4 is 0 Å². The number of ketones is 1. The van der Waals surface area contributed by atoms with Crippen molar-refractivity contribution in [2.24, 2.45) is 4.99 Å². The van der Waals surface area contributed by atoms with E-state index in [2.05, 4.69) is 24.3 Å². The van der Waals surface area contributed by atoms with E-state index in [1.807, 2.05) is 6.07 Å². The summed E-state index contributed by atoms with van der Waals surface area (Å²) in [5.41, 5.74) is 2.44. The highest BCUT2D eigenvalue weighted by Crippen LogP contribution is 2.31. The number of hydrogen-bond donors (Lipinski definition) is 0. The van der Waals surface area contributed by atoms with Gasteiger partial charge in [0.25, 0.3) is 0 Å². The molecular weight excluding hydrogens is 246 g/mol. The van der Waals surface area contributed by atoms with Crippen molar-refractivity contribution in [3.63, 3.8) is 0 Å². The quantitative estimate of drug-likeness (QED) is 0.787. The highest BCUT2D eigenvalue weighted by atomic mass is 16.1. The molecule has 20 heavy (non-hydrogen) atoms. The predicted molar refractivity (Wildman–Crippen MR) is 82.3 cm³/mol. The summed E-state index contributed by atoms with van der Waals surface area (Å²) in [5.74, 6) is 0.708. The van der Waals surface area contributed by atoms with Crippen LogP contribution >= 0.6 is 0 Å². The molecule has 0 aromatic heterocycles. The number of aliphatic imine (C=N–C) groups is 1. The van der Waals surface area contributed by atoms with E-state index in [0.717, 1.165) is 12.1 Å². The standard InChI is InChI=1S/C18H23NO/c20-18-12-15(14-7-3-1-4-8-14)11-17(13-18)19-16-9-5-2-6-10-16/h1,3-4,7-8,15-16H,2,5-6,9-13H2/t15-/m0/s1. The topological polar surface area (TPSA) is 29.4 Å². The van der Waals surface area contributed by atoms with Crippen LogP contribution in [0.25, 0.3) is 0 Å². The van der Waals surface area contributed by atoms with Gasteiger partial charge < -0.3 is 0 Å². The summed E-state index contributed by atoms with van der Waals surface area (Å²) in [5, 5.41) is 0. The van der Waals surface area contributed by atoms with Gasteiger partial charge in [0.05, 0.1) is 0 Å². The van der Waals surface area contributed by atoms with E-state index in [-0.39, 0.29) is 0 Å². The second-order valence-corrected chi connectivity index (χ2v) is 6.22. The molecule has 106 valence electrons. The molecule has 2 saturated carbocycles. The lowest BCUT2D eigenvalue weighted by Crippen LogP contribution is -2.24. The van der Waals surface area contributed by atoms with Crippen LogP contribution in [0.4, 0.5) is 0 Å². The van der Waals surface area contributed by atoms with E-state index in [1.54, 1.807) is 0 Å². The zero-order valence-corrected chi connectivity index (χ0v) is 12.1. The average molecular weight is 269 g/mol. The first kappa shape index (κ1) is 13.5. The Morgan fingerprint density at radius 2 is 1.70 bits per heavy atom. The molecule has 2 fully saturated rings. The lowest BCUT2D eigenvalue weighted by Gasteiger charge is -2.25. The zero-order chi connectivity index (χ0) is 13.8. The molecule has 1 atom stereocenters. The minimum atomic E-state index is 0.347. The van der Waals surface area contributed by atoms with Gasteiger partial charge in [-0.25, -0.2) is 0 Å². The number of nitrogens with zero attached hydrogens (tertiary/aromatic N) is 1. The summed E-state index contributed by atoms with van der Waals surface area (Å²) in [6.07, 6.45) is 8.66. The zero-order valence-electron chi connectivity index (χ0n) is 12.1. The van der Waals surface area contributed by atoms with Gasteiger partial charge in [0.15, 0.2) is 0 Å². The third kappa shape index (κ3) is 3.36. The molecular formula is C18H23NO. The van der Waals surface area contributed by atoms with Crippen LogP contribution in [0.2, 0.25) is 0 Å². The van der Waals surface area contributed by atoms with E-state index in [4.69, 9.17) is 4.99 Å².